The second-order valence-corrected chi connectivity index (χ2v) is 10.6. The average Bonchev–Trinajstić information content (AvgIpc) is 3.64. The van der Waals surface area contributed by atoms with Crippen molar-refractivity contribution >= 4 is 40.8 Å². The van der Waals surface area contributed by atoms with Crippen LogP contribution in [0.4, 0.5) is 11.6 Å². The van der Waals surface area contributed by atoms with Gasteiger partial charge in [0.25, 0.3) is 0 Å². The first-order chi connectivity index (χ1) is 19.4. The lowest BCUT2D eigenvalue weighted by Gasteiger charge is -2.29. The molecule has 0 spiro atoms. The number of aromatic nitrogens is 4. The average molecular weight is 538 g/mol. The molecule has 6 rings (SSSR count). The Balaban J connectivity index is 1.31. The first kappa shape index (κ1) is 26.0. The summed E-state index contributed by atoms with van der Waals surface area (Å²) in [5.41, 5.74) is 3.83. The van der Waals surface area contributed by atoms with Crippen LogP contribution in [0.25, 0.3) is 22.9 Å². The molecule has 0 amide bonds. The number of aliphatic hydroxyl groups excluding tert-OH is 1. The standard InChI is InChI=1S/C31H35N7O2/c1-5-7-20-16-33-31(38-17-21-13-23(38)14-27(21)39)36-29(20)30(32-6-2)35-22-8-11-28(19(3)12-22)40-24-9-10-26-25(15-24)34-18-37(26)4/h6-12,15-16,18,21,23,27,35,39H,5,13-14,17H2,1-4H3/b20-7+,30-29-,32-6-. The van der Waals surface area contributed by atoms with E-state index >= 15 is 0 Å². The number of benzene rings is 2. The van der Waals surface area contributed by atoms with Crippen LogP contribution in [0.5, 0.6) is 11.5 Å². The number of piperidine rings is 1. The van der Waals surface area contributed by atoms with Crippen molar-refractivity contribution in [1.29, 1.82) is 0 Å². The number of hydrogen-bond acceptors (Lipinski definition) is 8. The molecule has 1 saturated carbocycles. The number of ether oxygens (including phenoxy) is 1. The number of aliphatic imine (C=N–C) groups is 1. The molecule has 2 aliphatic rings. The number of nitrogens with zero attached hydrogens (tertiary/aromatic N) is 6. The smallest absolute Gasteiger partial charge is 0.226 e. The number of anilines is 2. The van der Waals surface area contributed by atoms with E-state index < -0.39 is 0 Å². The summed E-state index contributed by atoms with van der Waals surface area (Å²) in [6, 6.07) is 12.2. The molecule has 2 N–H and O–H groups in total. The number of aryl methyl sites for hydroxylation is 2. The van der Waals surface area contributed by atoms with Crippen LogP contribution in [0.15, 0.2) is 53.9 Å². The minimum atomic E-state index is -0.213. The Bertz CT molecular complexity index is 1710. The van der Waals surface area contributed by atoms with E-state index in [1.165, 1.54) is 0 Å². The van der Waals surface area contributed by atoms with Crippen LogP contribution in [-0.4, -0.2) is 49.5 Å². The summed E-state index contributed by atoms with van der Waals surface area (Å²) >= 11 is 0. The second-order valence-electron chi connectivity index (χ2n) is 10.6. The lowest BCUT2D eigenvalue weighted by Crippen LogP contribution is -2.41. The first-order valence-electron chi connectivity index (χ1n) is 13.9. The van der Waals surface area contributed by atoms with Crippen molar-refractivity contribution in [2.75, 3.05) is 16.8 Å². The van der Waals surface area contributed by atoms with Crippen molar-refractivity contribution in [3.8, 4) is 11.5 Å². The van der Waals surface area contributed by atoms with E-state index in [1.807, 2.05) is 68.1 Å². The minimum absolute atomic E-state index is 0.213. The molecule has 2 bridgehead atoms. The van der Waals surface area contributed by atoms with E-state index in [1.54, 1.807) is 12.5 Å². The van der Waals surface area contributed by atoms with E-state index in [0.717, 1.165) is 70.2 Å². The fourth-order valence-electron chi connectivity index (χ4n) is 5.82. The fourth-order valence-corrected chi connectivity index (χ4v) is 5.82. The van der Waals surface area contributed by atoms with Crippen LogP contribution in [0.2, 0.25) is 0 Å². The van der Waals surface area contributed by atoms with Crippen LogP contribution in [-0.2, 0) is 7.05 Å². The first-order valence-corrected chi connectivity index (χ1v) is 13.9. The van der Waals surface area contributed by atoms with Crippen molar-refractivity contribution in [1.82, 2.24) is 19.5 Å². The van der Waals surface area contributed by atoms with Crippen LogP contribution in [0, 0.1) is 12.8 Å². The molecule has 2 aromatic carbocycles. The zero-order valence-corrected chi connectivity index (χ0v) is 23.4. The summed E-state index contributed by atoms with van der Waals surface area (Å²) < 4.78 is 8.20. The lowest BCUT2D eigenvalue weighted by atomic mass is 10.1. The second kappa shape index (κ2) is 10.7. The molecule has 1 aliphatic carbocycles. The molecule has 3 atom stereocenters. The molecule has 9 heteroatoms. The molecule has 4 aromatic rings. The molecular weight excluding hydrogens is 502 g/mol. The number of fused-ring (bicyclic) bond motifs is 3. The van der Waals surface area contributed by atoms with Gasteiger partial charge in [0.15, 0.2) is 5.82 Å². The number of imidazole rings is 1. The van der Waals surface area contributed by atoms with Crippen molar-refractivity contribution in [2.24, 2.45) is 18.0 Å². The van der Waals surface area contributed by atoms with Crippen molar-refractivity contribution < 1.29 is 9.84 Å². The summed E-state index contributed by atoms with van der Waals surface area (Å²) in [7, 11) is 1.98. The van der Waals surface area contributed by atoms with Gasteiger partial charge in [0.1, 0.15) is 16.8 Å². The molecular formula is C31H35N7O2. The third-order valence-electron chi connectivity index (χ3n) is 7.83. The summed E-state index contributed by atoms with van der Waals surface area (Å²) in [4.78, 5) is 21.1. The molecule has 2 fully saturated rings. The van der Waals surface area contributed by atoms with Crippen LogP contribution >= 0.6 is 0 Å². The summed E-state index contributed by atoms with van der Waals surface area (Å²) in [5, 5.41) is 15.4. The van der Waals surface area contributed by atoms with Gasteiger partial charge in [0, 0.05) is 54.9 Å². The fraction of sp³-hybridized carbons (Fsp3) is 0.355. The van der Waals surface area contributed by atoms with Gasteiger partial charge in [-0.25, -0.2) is 19.9 Å². The summed E-state index contributed by atoms with van der Waals surface area (Å²) in [6.45, 7) is 6.81. The molecule has 1 aliphatic heterocycles. The molecule has 3 heterocycles. The quantitative estimate of drug-likeness (QED) is 0.345. The topological polar surface area (TPSA) is 101 Å². The van der Waals surface area contributed by atoms with Gasteiger partial charge >= 0.3 is 0 Å². The highest BCUT2D eigenvalue weighted by molar-refractivity contribution is 5.77. The van der Waals surface area contributed by atoms with E-state index in [0.29, 0.717) is 17.7 Å². The van der Waals surface area contributed by atoms with Crippen LogP contribution < -0.4 is 25.5 Å². The van der Waals surface area contributed by atoms with Crippen molar-refractivity contribution in [3.63, 3.8) is 0 Å². The third kappa shape index (κ3) is 4.93. The maximum absolute atomic E-state index is 10.2. The number of rotatable bonds is 7. The van der Waals surface area contributed by atoms with E-state index in [2.05, 4.69) is 33.2 Å². The molecule has 206 valence electrons. The van der Waals surface area contributed by atoms with Gasteiger partial charge in [-0.15, -0.1) is 0 Å². The van der Waals surface area contributed by atoms with Gasteiger partial charge in [-0.05, 0) is 69.0 Å². The van der Waals surface area contributed by atoms with Crippen LogP contribution in [0.3, 0.4) is 0 Å². The predicted molar refractivity (Wildman–Crippen MR) is 159 cm³/mol. The monoisotopic (exact) mass is 537 g/mol. The minimum Gasteiger partial charge on any atom is -0.457 e. The Morgan fingerprint density at radius 2 is 2.08 bits per heavy atom. The van der Waals surface area contributed by atoms with Crippen molar-refractivity contribution in [2.45, 2.75) is 52.2 Å². The molecule has 0 radical (unpaired) electrons. The summed E-state index contributed by atoms with van der Waals surface area (Å²) in [5.74, 6) is 3.16. The highest BCUT2D eigenvalue weighted by Gasteiger charge is 2.44. The molecule has 3 unspecified atom stereocenters. The predicted octanol–water partition coefficient (Wildman–Crippen LogP) is 3.88. The van der Waals surface area contributed by atoms with Crippen molar-refractivity contribution in [3.05, 3.63) is 65.1 Å². The Labute approximate surface area is 233 Å². The number of nitrogens with one attached hydrogen (secondary N) is 1. The van der Waals surface area contributed by atoms with Gasteiger partial charge in [-0.2, -0.15) is 0 Å². The number of hydrogen-bond donors (Lipinski definition) is 2. The molecule has 1 saturated heterocycles. The third-order valence-corrected chi connectivity index (χ3v) is 7.83. The highest BCUT2D eigenvalue weighted by atomic mass is 16.5. The summed E-state index contributed by atoms with van der Waals surface area (Å²) in [6.07, 6.45) is 9.99. The van der Waals surface area contributed by atoms with E-state index in [4.69, 9.17) is 14.7 Å². The Morgan fingerprint density at radius 1 is 1.20 bits per heavy atom. The van der Waals surface area contributed by atoms with Gasteiger partial charge in [-0.3, -0.25) is 0 Å². The number of aliphatic hydroxyl groups is 1. The maximum atomic E-state index is 10.2. The Hall–Kier alpha value is -4.24. The van der Waals surface area contributed by atoms with Crippen LogP contribution in [0.1, 0.15) is 38.7 Å². The highest BCUT2D eigenvalue weighted by Crippen LogP contribution is 2.39. The zero-order chi connectivity index (χ0) is 27.8. The molecule has 2 aromatic heterocycles. The molecule has 40 heavy (non-hydrogen) atoms. The van der Waals surface area contributed by atoms with E-state index in [-0.39, 0.29) is 12.1 Å². The SMILES string of the molecule is C\C=N/C(Nc1ccc(Oc2ccc3c(c2)ncn3C)c(C)c1)=c1/nc(N2CC3CC2CC3O)nc/c1=C\CC. The Kier molecular flexibility index (Phi) is 6.98. The zero-order valence-electron chi connectivity index (χ0n) is 23.4. The van der Waals surface area contributed by atoms with Gasteiger partial charge in [0.05, 0.1) is 23.5 Å². The molecule has 9 nitrogen and oxygen atoms in total. The van der Waals surface area contributed by atoms with Gasteiger partial charge in [0.2, 0.25) is 5.95 Å². The maximum Gasteiger partial charge on any atom is 0.226 e. The Morgan fingerprint density at radius 3 is 2.80 bits per heavy atom. The lowest BCUT2D eigenvalue weighted by molar-refractivity contribution is 0.126. The van der Waals surface area contributed by atoms with Gasteiger partial charge in [-0.1, -0.05) is 13.0 Å². The van der Waals surface area contributed by atoms with Gasteiger partial charge < -0.3 is 24.6 Å². The normalized spacial score (nSPS) is 21.6. The van der Waals surface area contributed by atoms with E-state index in [9.17, 15) is 5.11 Å². The largest absolute Gasteiger partial charge is 0.457 e.